The van der Waals surface area contributed by atoms with Gasteiger partial charge in [0, 0.05) is 12.7 Å². The summed E-state index contributed by atoms with van der Waals surface area (Å²) in [6.45, 7) is 0. The van der Waals surface area contributed by atoms with Crippen LogP contribution >= 0.6 is 0 Å². The highest BCUT2D eigenvalue weighted by Gasteiger charge is 2.37. The van der Waals surface area contributed by atoms with E-state index in [2.05, 4.69) is 5.32 Å². The van der Waals surface area contributed by atoms with Crippen LogP contribution < -0.4 is 11.1 Å². The molecule has 2 rings (SSSR count). The predicted octanol–water partition coefficient (Wildman–Crippen LogP) is -0.244. The average molecular weight is 247 g/mol. The molecule has 3 N–H and O–H groups in total. The van der Waals surface area contributed by atoms with Crippen molar-refractivity contribution in [2.24, 2.45) is 0 Å². The number of nitrogens with zero attached hydrogens (tertiary/aromatic N) is 1. The van der Waals surface area contributed by atoms with Gasteiger partial charge < -0.3 is 11.1 Å². The van der Waals surface area contributed by atoms with Crippen molar-refractivity contribution >= 4 is 23.4 Å². The fourth-order valence-corrected chi connectivity index (χ4v) is 1.81. The topological polar surface area (TPSA) is 92.5 Å². The monoisotopic (exact) mass is 247 g/mol. The lowest BCUT2D eigenvalue weighted by atomic mass is 10.1. The summed E-state index contributed by atoms with van der Waals surface area (Å²) in [7, 11) is 1.40. The van der Waals surface area contributed by atoms with Crippen molar-refractivity contribution in [1.29, 1.82) is 0 Å². The van der Waals surface area contributed by atoms with Crippen molar-refractivity contribution in [1.82, 2.24) is 10.2 Å². The first kappa shape index (κ1) is 12.1. The number of amides is 3. The Morgan fingerprint density at radius 2 is 2.06 bits per heavy atom. The van der Waals surface area contributed by atoms with Gasteiger partial charge in [-0.25, -0.2) is 0 Å². The second-order valence-corrected chi connectivity index (χ2v) is 4.11. The number of benzene rings is 1. The molecule has 94 valence electrons. The highest BCUT2D eigenvalue weighted by Crippen LogP contribution is 2.14. The van der Waals surface area contributed by atoms with Crippen molar-refractivity contribution in [2.45, 2.75) is 12.5 Å². The molecule has 18 heavy (non-hydrogen) atoms. The average Bonchev–Trinajstić information content (AvgIpc) is 2.57. The number of nitrogens with two attached hydrogens (primary N) is 1. The van der Waals surface area contributed by atoms with E-state index in [0.29, 0.717) is 11.3 Å². The molecule has 1 fully saturated rings. The van der Waals surface area contributed by atoms with Crippen LogP contribution in [0.25, 0.3) is 0 Å². The lowest BCUT2D eigenvalue weighted by Crippen LogP contribution is -2.40. The summed E-state index contributed by atoms with van der Waals surface area (Å²) in [5, 5.41) is 2.52. The van der Waals surface area contributed by atoms with Gasteiger partial charge in [0.25, 0.3) is 11.8 Å². The zero-order valence-corrected chi connectivity index (χ0v) is 9.84. The van der Waals surface area contributed by atoms with E-state index in [1.807, 2.05) is 0 Å². The third kappa shape index (κ3) is 2.04. The number of likely N-dealkylation sites (tertiary alicyclic amines) is 1. The molecule has 1 aromatic rings. The first-order chi connectivity index (χ1) is 8.50. The highest BCUT2D eigenvalue weighted by atomic mass is 16.2. The van der Waals surface area contributed by atoms with Crippen LogP contribution in [0.1, 0.15) is 16.8 Å². The normalized spacial score (nSPS) is 19.2. The van der Waals surface area contributed by atoms with Crippen LogP contribution in [-0.4, -0.2) is 35.7 Å². The van der Waals surface area contributed by atoms with Crippen molar-refractivity contribution in [3.05, 3.63) is 29.8 Å². The van der Waals surface area contributed by atoms with Gasteiger partial charge in [-0.15, -0.1) is 0 Å². The lowest BCUT2D eigenvalue weighted by molar-refractivity contribution is -0.137. The first-order valence-electron chi connectivity index (χ1n) is 5.46. The minimum atomic E-state index is -0.797. The largest absolute Gasteiger partial charge is 0.398 e. The number of carbonyl (C=O) groups excluding carboxylic acids is 3. The maximum Gasteiger partial charge on any atom is 0.254 e. The summed E-state index contributed by atoms with van der Waals surface area (Å²) in [6, 6.07) is 5.76. The van der Waals surface area contributed by atoms with Crippen LogP contribution in [0.3, 0.4) is 0 Å². The van der Waals surface area contributed by atoms with Crippen molar-refractivity contribution in [3.8, 4) is 0 Å². The third-order valence-electron chi connectivity index (χ3n) is 2.89. The van der Waals surface area contributed by atoms with Gasteiger partial charge in [-0.1, -0.05) is 12.1 Å². The summed E-state index contributed by atoms with van der Waals surface area (Å²) >= 11 is 0. The molecule has 0 aliphatic carbocycles. The second-order valence-electron chi connectivity index (χ2n) is 4.11. The molecule has 0 aromatic heterocycles. The van der Waals surface area contributed by atoms with Gasteiger partial charge in [0.05, 0.1) is 12.0 Å². The Labute approximate surface area is 104 Å². The van der Waals surface area contributed by atoms with Crippen LogP contribution in [0.15, 0.2) is 24.3 Å². The number of imide groups is 1. The molecule has 1 heterocycles. The fourth-order valence-electron chi connectivity index (χ4n) is 1.81. The van der Waals surface area contributed by atoms with E-state index in [1.165, 1.54) is 7.05 Å². The zero-order valence-electron chi connectivity index (χ0n) is 9.84. The summed E-state index contributed by atoms with van der Waals surface area (Å²) in [4.78, 5) is 35.9. The number of hydrogen-bond acceptors (Lipinski definition) is 4. The third-order valence-corrected chi connectivity index (χ3v) is 2.89. The van der Waals surface area contributed by atoms with E-state index in [4.69, 9.17) is 5.73 Å². The van der Waals surface area contributed by atoms with Gasteiger partial charge in [0.2, 0.25) is 5.91 Å². The van der Waals surface area contributed by atoms with Gasteiger partial charge in [0.1, 0.15) is 6.04 Å². The molecule has 0 spiro atoms. The van der Waals surface area contributed by atoms with Gasteiger partial charge in [-0.2, -0.15) is 0 Å². The Kier molecular flexibility index (Phi) is 3.01. The van der Waals surface area contributed by atoms with Crippen LogP contribution in [0.2, 0.25) is 0 Å². The van der Waals surface area contributed by atoms with E-state index in [0.717, 1.165) is 4.90 Å². The molecule has 6 heteroatoms. The molecule has 0 saturated carbocycles. The quantitative estimate of drug-likeness (QED) is 0.557. The fraction of sp³-hybridized carbons (Fsp3) is 0.250. The smallest absolute Gasteiger partial charge is 0.254 e. The number of nitrogen functional groups attached to an aromatic ring is 1. The molecule has 6 nitrogen and oxygen atoms in total. The second kappa shape index (κ2) is 4.48. The number of carbonyl (C=O) groups is 3. The predicted molar refractivity (Wildman–Crippen MR) is 64.5 cm³/mol. The first-order valence-corrected chi connectivity index (χ1v) is 5.46. The number of anilines is 1. The SMILES string of the molecule is CN1C(=O)CC(NC(=O)c2ccccc2N)C1=O. The molecule has 3 amide bonds. The van der Waals surface area contributed by atoms with Gasteiger partial charge in [-0.05, 0) is 12.1 Å². The highest BCUT2D eigenvalue weighted by molar-refractivity contribution is 6.08. The molecule has 1 aliphatic heterocycles. The Bertz CT molecular complexity index is 527. The number of hydrogen-bond donors (Lipinski definition) is 2. The van der Waals surface area contributed by atoms with Crippen molar-refractivity contribution in [3.63, 3.8) is 0 Å². The van der Waals surface area contributed by atoms with E-state index in [1.54, 1.807) is 24.3 Å². The summed E-state index contributed by atoms with van der Waals surface area (Å²) in [6.07, 6.45) is -0.00614. The molecule has 1 saturated heterocycles. The zero-order chi connectivity index (χ0) is 13.3. The number of para-hydroxylation sites is 1. The summed E-state index contributed by atoms with van der Waals surface area (Å²) < 4.78 is 0. The van der Waals surface area contributed by atoms with Crippen LogP contribution in [-0.2, 0) is 9.59 Å². The molecular weight excluding hydrogens is 234 g/mol. The van der Waals surface area contributed by atoms with Gasteiger partial charge in [-0.3, -0.25) is 19.3 Å². The number of likely N-dealkylation sites (N-methyl/N-ethyl adjacent to an activating group) is 1. The Morgan fingerprint density at radius 1 is 1.39 bits per heavy atom. The Balaban J connectivity index is 2.12. The van der Waals surface area contributed by atoms with E-state index in [9.17, 15) is 14.4 Å². The lowest BCUT2D eigenvalue weighted by Gasteiger charge is -2.12. The minimum Gasteiger partial charge on any atom is -0.398 e. The maximum atomic E-state index is 11.9. The Morgan fingerprint density at radius 3 is 2.61 bits per heavy atom. The van der Waals surface area contributed by atoms with E-state index >= 15 is 0 Å². The molecule has 1 atom stereocenters. The van der Waals surface area contributed by atoms with Crippen LogP contribution in [0, 0.1) is 0 Å². The molecule has 1 aromatic carbocycles. The van der Waals surface area contributed by atoms with Crippen LogP contribution in [0.4, 0.5) is 5.69 Å². The van der Waals surface area contributed by atoms with Gasteiger partial charge in [0.15, 0.2) is 0 Å². The molecular formula is C12H13N3O3. The van der Waals surface area contributed by atoms with Gasteiger partial charge >= 0.3 is 0 Å². The standard InChI is InChI=1S/C12H13N3O3/c1-15-10(16)6-9(12(15)18)14-11(17)7-4-2-3-5-8(7)13/h2-5,9H,6,13H2,1H3,(H,14,17). The molecule has 0 bridgehead atoms. The summed E-state index contributed by atoms with van der Waals surface area (Å²) in [5.74, 6) is -1.15. The van der Waals surface area contributed by atoms with Crippen LogP contribution in [0.5, 0.6) is 0 Å². The Hall–Kier alpha value is -2.37. The van der Waals surface area contributed by atoms with E-state index < -0.39 is 17.9 Å². The molecule has 1 unspecified atom stereocenters. The number of nitrogens with one attached hydrogen (secondary N) is 1. The minimum absolute atomic E-state index is 0.00614. The van der Waals surface area contributed by atoms with Crippen molar-refractivity contribution < 1.29 is 14.4 Å². The number of rotatable bonds is 2. The molecule has 0 radical (unpaired) electrons. The summed E-state index contributed by atoms with van der Waals surface area (Å²) in [5.41, 5.74) is 6.29. The van der Waals surface area contributed by atoms with E-state index in [-0.39, 0.29) is 12.3 Å². The van der Waals surface area contributed by atoms with Crippen molar-refractivity contribution in [2.75, 3.05) is 12.8 Å². The maximum absolute atomic E-state index is 11.9. The molecule has 1 aliphatic rings.